The van der Waals surface area contributed by atoms with Crippen molar-refractivity contribution in [3.8, 4) is 11.5 Å². The number of nitrogens with one attached hydrogen (secondary N) is 1. The predicted molar refractivity (Wildman–Crippen MR) is 117 cm³/mol. The van der Waals surface area contributed by atoms with Gasteiger partial charge in [-0.1, -0.05) is 13.0 Å². The number of benzene rings is 1. The molecule has 0 spiro atoms. The molecule has 0 aliphatic carbocycles. The second kappa shape index (κ2) is 8.79. The molecule has 7 nitrogen and oxygen atoms in total. The Hall–Kier alpha value is -2.91. The number of nitrogens with zero attached hydrogens (tertiary/aromatic N) is 3. The Morgan fingerprint density at radius 3 is 2.48 bits per heavy atom. The summed E-state index contributed by atoms with van der Waals surface area (Å²) in [6, 6.07) is 3.99. The molecule has 2 aromatic rings. The average Bonchev–Trinajstić information content (AvgIpc) is 3.21. The largest absolute Gasteiger partial charge is 0.493 e. The number of likely N-dealkylation sites (tertiary alicyclic amines) is 1. The Bertz CT molecular complexity index is 1020. The number of piperidine rings is 1. The van der Waals surface area contributed by atoms with E-state index < -0.39 is 18.3 Å². The van der Waals surface area contributed by atoms with E-state index in [0.29, 0.717) is 29.5 Å². The molecule has 1 saturated heterocycles. The predicted octanol–water partition coefficient (Wildman–Crippen LogP) is 4.82. The molecule has 1 fully saturated rings. The normalized spacial score (nSPS) is 25.2. The summed E-state index contributed by atoms with van der Waals surface area (Å²) in [7, 11) is 2.97. The van der Waals surface area contributed by atoms with Crippen LogP contribution < -0.4 is 14.8 Å². The molecular weight excluding hydrogens is 437 g/mol. The Balaban J connectivity index is 1.66. The minimum atomic E-state index is -4.52. The van der Waals surface area contributed by atoms with Crippen LogP contribution in [0.3, 0.4) is 0 Å². The Kier molecular flexibility index (Phi) is 6.20. The lowest BCUT2D eigenvalue weighted by molar-refractivity contribution is -0.173. The van der Waals surface area contributed by atoms with Crippen molar-refractivity contribution in [1.82, 2.24) is 14.7 Å². The van der Waals surface area contributed by atoms with Crippen LogP contribution in [0.4, 0.5) is 19.0 Å². The molecule has 0 unspecified atom stereocenters. The van der Waals surface area contributed by atoms with Crippen molar-refractivity contribution in [1.29, 1.82) is 0 Å². The first-order valence-corrected chi connectivity index (χ1v) is 11.1. The maximum absolute atomic E-state index is 14.0. The monoisotopic (exact) mass is 466 g/mol. The van der Waals surface area contributed by atoms with E-state index in [9.17, 15) is 18.0 Å². The smallest absolute Gasteiger partial charge is 0.410 e. The van der Waals surface area contributed by atoms with E-state index >= 15 is 0 Å². The fraction of sp³-hybridized carbons (Fsp3) is 0.565. The van der Waals surface area contributed by atoms with Crippen molar-refractivity contribution >= 4 is 11.7 Å². The van der Waals surface area contributed by atoms with Gasteiger partial charge in [0.1, 0.15) is 5.82 Å². The van der Waals surface area contributed by atoms with Crippen LogP contribution >= 0.6 is 0 Å². The van der Waals surface area contributed by atoms with E-state index in [-0.39, 0.29) is 29.9 Å². The second-order valence-electron chi connectivity index (χ2n) is 8.94. The molecule has 4 atom stereocenters. The molecule has 0 saturated carbocycles. The molecule has 1 N–H and O–H groups in total. The first-order valence-electron chi connectivity index (χ1n) is 11.1. The second-order valence-corrected chi connectivity index (χ2v) is 8.94. The summed E-state index contributed by atoms with van der Waals surface area (Å²) in [6.45, 7) is 4.68. The lowest BCUT2D eigenvalue weighted by atomic mass is 9.93. The summed E-state index contributed by atoms with van der Waals surface area (Å²) in [5.74, 6) is 1.28. The van der Waals surface area contributed by atoms with Crippen LogP contribution in [0.2, 0.25) is 0 Å². The number of ether oxygens (including phenoxy) is 2. The minimum absolute atomic E-state index is 0.0193. The first-order chi connectivity index (χ1) is 15.6. The van der Waals surface area contributed by atoms with Gasteiger partial charge in [-0.15, -0.1) is 0 Å². The van der Waals surface area contributed by atoms with Crippen LogP contribution in [0.25, 0.3) is 0 Å². The van der Waals surface area contributed by atoms with Crippen molar-refractivity contribution in [3.63, 3.8) is 0 Å². The fourth-order valence-electron chi connectivity index (χ4n) is 4.82. The van der Waals surface area contributed by atoms with Crippen LogP contribution in [0.15, 0.2) is 24.3 Å². The molecule has 3 heterocycles. The summed E-state index contributed by atoms with van der Waals surface area (Å²) >= 11 is 0. The van der Waals surface area contributed by atoms with E-state index in [0.717, 1.165) is 17.5 Å². The first kappa shape index (κ1) is 23.3. The summed E-state index contributed by atoms with van der Waals surface area (Å²) in [5.41, 5.74) is 0.655. The summed E-state index contributed by atoms with van der Waals surface area (Å²) < 4.78 is 53.5. The van der Waals surface area contributed by atoms with Gasteiger partial charge < -0.3 is 19.7 Å². The highest BCUT2D eigenvalue weighted by atomic mass is 19.4. The Morgan fingerprint density at radius 1 is 1.12 bits per heavy atom. The molecule has 0 radical (unpaired) electrons. The molecule has 4 rings (SSSR count). The molecule has 1 aromatic carbocycles. The maximum atomic E-state index is 14.0. The lowest BCUT2D eigenvalue weighted by Crippen LogP contribution is -2.44. The van der Waals surface area contributed by atoms with Crippen LogP contribution in [0.5, 0.6) is 11.5 Å². The van der Waals surface area contributed by atoms with Gasteiger partial charge in [0, 0.05) is 25.1 Å². The van der Waals surface area contributed by atoms with Gasteiger partial charge in [0.15, 0.2) is 23.2 Å². The zero-order valence-electron chi connectivity index (χ0n) is 19.1. The number of carbonyl (C=O) groups excluding carboxylic acids is 1. The highest BCUT2D eigenvalue weighted by Gasteiger charge is 2.47. The van der Waals surface area contributed by atoms with Crippen LogP contribution in [-0.2, 0) is 0 Å². The number of hydrogen-bond acceptors (Lipinski definition) is 5. The van der Waals surface area contributed by atoms with Crippen LogP contribution in [-0.4, -0.2) is 53.6 Å². The highest BCUT2D eigenvalue weighted by molar-refractivity contribution is 5.93. The van der Waals surface area contributed by atoms with E-state index in [4.69, 9.17) is 9.47 Å². The molecule has 1 amide bonds. The summed E-state index contributed by atoms with van der Waals surface area (Å²) in [6.07, 6.45) is -3.05. The number of methoxy groups -OCH3 is 2. The molecule has 0 bridgehead atoms. The molecule has 33 heavy (non-hydrogen) atoms. The number of carbonyl (C=O) groups is 1. The number of hydrogen-bond donors (Lipinski definition) is 1. The molecule has 1 aromatic heterocycles. The third-order valence-corrected chi connectivity index (χ3v) is 6.62. The quantitative estimate of drug-likeness (QED) is 0.700. The summed E-state index contributed by atoms with van der Waals surface area (Å²) in [5, 5.41) is 7.25. The maximum Gasteiger partial charge on any atom is 0.410 e. The number of alkyl halides is 3. The summed E-state index contributed by atoms with van der Waals surface area (Å²) in [4.78, 5) is 14.8. The van der Waals surface area contributed by atoms with Crippen molar-refractivity contribution in [2.75, 3.05) is 26.1 Å². The van der Waals surface area contributed by atoms with Crippen molar-refractivity contribution in [3.05, 3.63) is 35.5 Å². The zero-order chi connectivity index (χ0) is 23.9. The standard InChI is InChI=1S/C23H29F3N4O3/c1-13-7-8-29(14(2)9-13)22(31)17-12-21-27-16(11-20(23(24,25)26)30(21)28-17)15-5-6-18(32-3)19(10-15)33-4/h5-6,10,12-14,16,20,27H,7-9,11H2,1-4H3/t13-,14-,16-,20+/m0/s1. The van der Waals surface area contributed by atoms with Crippen molar-refractivity contribution in [2.24, 2.45) is 5.92 Å². The third-order valence-electron chi connectivity index (χ3n) is 6.62. The molecule has 180 valence electrons. The number of anilines is 1. The van der Waals surface area contributed by atoms with Crippen molar-refractivity contribution < 1.29 is 27.4 Å². The van der Waals surface area contributed by atoms with E-state index in [1.165, 1.54) is 20.3 Å². The highest BCUT2D eigenvalue weighted by Crippen LogP contribution is 2.44. The van der Waals surface area contributed by atoms with Gasteiger partial charge in [0.2, 0.25) is 0 Å². The zero-order valence-corrected chi connectivity index (χ0v) is 19.1. The van der Waals surface area contributed by atoms with Gasteiger partial charge in [-0.2, -0.15) is 18.3 Å². The van der Waals surface area contributed by atoms with Gasteiger partial charge in [0.05, 0.1) is 20.3 Å². The number of halogens is 3. The topological polar surface area (TPSA) is 68.6 Å². The van der Waals surface area contributed by atoms with Gasteiger partial charge >= 0.3 is 6.18 Å². The number of fused-ring (bicyclic) bond motifs is 1. The van der Waals surface area contributed by atoms with E-state index in [1.807, 2.05) is 6.92 Å². The number of aromatic nitrogens is 2. The van der Waals surface area contributed by atoms with Gasteiger partial charge in [-0.3, -0.25) is 4.79 Å². The van der Waals surface area contributed by atoms with Crippen molar-refractivity contribution in [2.45, 2.75) is 57.4 Å². The van der Waals surface area contributed by atoms with Gasteiger partial charge in [-0.25, -0.2) is 4.68 Å². The van der Waals surface area contributed by atoms with Gasteiger partial charge in [0.25, 0.3) is 5.91 Å². The molecular formula is C23H29F3N4O3. The Morgan fingerprint density at radius 2 is 1.85 bits per heavy atom. The van der Waals surface area contributed by atoms with Gasteiger partial charge in [-0.05, 0) is 43.4 Å². The average molecular weight is 467 g/mol. The van der Waals surface area contributed by atoms with E-state index in [2.05, 4.69) is 17.3 Å². The lowest BCUT2D eigenvalue weighted by Gasteiger charge is -2.36. The number of amides is 1. The molecule has 2 aliphatic rings. The molecule has 10 heteroatoms. The third kappa shape index (κ3) is 4.47. The number of rotatable bonds is 4. The minimum Gasteiger partial charge on any atom is -0.493 e. The SMILES string of the molecule is COc1ccc([C@@H]2C[C@H](C(F)(F)F)n3nc(C(=O)N4CC[C@H](C)C[C@@H]4C)cc3N2)cc1OC. The Labute approximate surface area is 190 Å². The van der Waals surface area contributed by atoms with Crippen LogP contribution in [0, 0.1) is 5.92 Å². The fourth-order valence-corrected chi connectivity index (χ4v) is 4.82. The molecule has 2 aliphatic heterocycles. The van der Waals surface area contributed by atoms with Crippen LogP contribution in [0.1, 0.15) is 61.2 Å². The van der Waals surface area contributed by atoms with E-state index in [1.54, 1.807) is 23.1 Å².